The zero-order valence-corrected chi connectivity index (χ0v) is 14.3. The summed E-state index contributed by atoms with van der Waals surface area (Å²) in [6, 6.07) is 2.05. The highest BCUT2D eigenvalue weighted by atomic mass is 16.2. The van der Waals surface area contributed by atoms with Gasteiger partial charge in [-0.1, -0.05) is 0 Å². The van der Waals surface area contributed by atoms with Crippen molar-refractivity contribution in [1.82, 2.24) is 20.1 Å². The summed E-state index contributed by atoms with van der Waals surface area (Å²) in [6.07, 6.45) is 7.35. The SMILES string of the molecule is Cc1cnccc1CNC(=O)N1CC[C@@H](C2CCN(C)CC2)C1. The van der Waals surface area contributed by atoms with Crippen molar-refractivity contribution < 1.29 is 4.79 Å². The monoisotopic (exact) mass is 316 g/mol. The van der Waals surface area contributed by atoms with Gasteiger partial charge in [0.25, 0.3) is 0 Å². The van der Waals surface area contributed by atoms with Crippen LogP contribution >= 0.6 is 0 Å². The molecule has 2 aliphatic rings. The normalized spacial score (nSPS) is 23.2. The molecule has 2 aliphatic heterocycles. The fraction of sp³-hybridized carbons (Fsp3) is 0.667. The van der Waals surface area contributed by atoms with Crippen LogP contribution in [0, 0.1) is 18.8 Å². The molecule has 2 fully saturated rings. The second-order valence-electron chi connectivity index (χ2n) is 7.10. The lowest BCUT2D eigenvalue weighted by molar-refractivity contribution is 0.168. The van der Waals surface area contributed by atoms with E-state index in [-0.39, 0.29) is 6.03 Å². The van der Waals surface area contributed by atoms with Gasteiger partial charge in [-0.05, 0) is 75.4 Å². The van der Waals surface area contributed by atoms with E-state index in [0.29, 0.717) is 12.5 Å². The van der Waals surface area contributed by atoms with Crippen LogP contribution in [0.15, 0.2) is 18.5 Å². The number of aryl methyl sites for hydroxylation is 1. The third-order valence-electron chi connectivity index (χ3n) is 5.51. The van der Waals surface area contributed by atoms with Crippen molar-refractivity contribution in [2.24, 2.45) is 11.8 Å². The topological polar surface area (TPSA) is 48.5 Å². The van der Waals surface area contributed by atoms with Crippen LogP contribution in [-0.4, -0.2) is 54.0 Å². The number of hydrogen-bond donors (Lipinski definition) is 1. The molecule has 0 spiro atoms. The van der Waals surface area contributed by atoms with E-state index in [4.69, 9.17) is 0 Å². The van der Waals surface area contributed by atoms with E-state index >= 15 is 0 Å². The van der Waals surface area contributed by atoms with Gasteiger partial charge in [0.1, 0.15) is 0 Å². The van der Waals surface area contributed by atoms with E-state index in [1.807, 2.05) is 24.1 Å². The summed E-state index contributed by atoms with van der Waals surface area (Å²) in [7, 11) is 2.20. The Balaban J connectivity index is 1.47. The first kappa shape index (κ1) is 16.2. The van der Waals surface area contributed by atoms with Crippen LogP contribution in [0.1, 0.15) is 30.4 Å². The van der Waals surface area contributed by atoms with Gasteiger partial charge in [0.15, 0.2) is 0 Å². The number of nitrogens with zero attached hydrogens (tertiary/aromatic N) is 3. The van der Waals surface area contributed by atoms with Gasteiger partial charge in [-0.25, -0.2) is 4.79 Å². The van der Waals surface area contributed by atoms with Gasteiger partial charge in [0.05, 0.1) is 0 Å². The molecule has 0 saturated carbocycles. The molecule has 0 aromatic carbocycles. The van der Waals surface area contributed by atoms with Crippen molar-refractivity contribution in [3.63, 3.8) is 0 Å². The number of aromatic nitrogens is 1. The van der Waals surface area contributed by atoms with Crippen molar-refractivity contribution in [2.75, 3.05) is 33.2 Å². The summed E-state index contributed by atoms with van der Waals surface area (Å²) >= 11 is 0. The Morgan fingerprint density at radius 3 is 2.74 bits per heavy atom. The predicted octanol–water partition coefficient (Wildman–Crippen LogP) is 2.26. The molecular weight excluding hydrogens is 288 g/mol. The molecular formula is C18H28N4O. The molecule has 3 rings (SSSR count). The van der Waals surface area contributed by atoms with Crippen molar-refractivity contribution >= 4 is 6.03 Å². The summed E-state index contributed by atoms with van der Waals surface area (Å²) in [5, 5.41) is 3.06. The zero-order valence-electron chi connectivity index (χ0n) is 14.3. The summed E-state index contributed by atoms with van der Waals surface area (Å²) < 4.78 is 0. The molecule has 23 heavy (non-hydrogen) atoms. The van der Waals surface area contributed by atoms with E-state index in [2.05, 4.69) is 22.2 Å². The van der Waals surface area contributed by atoms with Gasteiger partial charge in [-0.15, -0.1) is 0 Å². The number of piperidine rings is 1. The Morgan fingerprint density at radius 2 is 2.00 bits per heavy atom. The van der Waals surface area contributed by atoms with Crippen molar-refractivity contribution in [1.29, 1.82) is 0 Å². The molecule has 1 atom stereocenters. The average Bonchev–Trinajstić information content (AvgIpc) is 3.04. The molecule has 0 unspecified atom stereocenters. The third kappa shape index (κ3) is 4.02. The molecule has 126 valence electrons. The van der Waals surface area contributed by atoms with Crippen LogP contribution in [0.5, 0.6) is 0 Å². The summed E-state index contributed by atoms with van der Waals surface area (Å²) in [5.74, 6) is 1.49. The smallest absolute Gasteiger partial charge is 0.317 e. The number of rotatable bonds is 3. The molecule has 1 aromatic heterocycles. The van der Waals surface area contributed by atoms with Crippen LogP contribution in [0.25, 0.3) is 0 Å². The standard InChI is InChI=1S/C18H28N4O/c1-14-11-19-7-3-16(14)12-20-18(23)22-10-6-17(13-22)15-4-8-21(2)9-5-15/h3,7,11,15,17H,4-6,8-10,12-13H2,1-2H3,(H,20,23)/t17-/m1/s1. The Hall–Kier alpha value is -1.62. The van der Waals surface area contributed by atoms with Crippen LogP contribution in [0.2, 0.25) is 0 Å². The van der Waals surface area contributed by atoms with E-state index in [9.17, 15) is 4.79 Å². The van der Waals surface area contributed by atoms with Crippen LogP contribution in [0.4, 0.5) is 4.79 Å². The first-order valence-electron chi connectivity index (χ1n) is 8.74. The zero-order chi connectivity index (χ0) is 16.2. The van der Waals surface area contributed by atoms with Crippen molar-refractivity contribution in [3.8, 4) is 0 Å². The third-order valence-corrected chi connectivity index (χ3v) is 5.51. The molecule has 3 heterocycles. The van der Waals surface area contributed by atoms with Crippen molar-refractivity contribution in [3.05, 3.63) is 29.6 Å². The van der Waals surface area contributed by atoms with Gasteiger partial charge in [0, 0.05) is 32.0 Å². The van der Waals surface area contributed by atoms with Gasteiger partial charge < -0.3 is 15.1 Å². The number of pyridine rings is 1. The first-order valence-corrected chi connectivity index (χ1v) is 8.74. The maximum Gasteiger partial charge on any atom is 0.317 e. The Morgan fingerprint density at radius 1 is 1.26 bits per heavy atom. The van der Waals surface area contributed by atoms with E-state index < -0.39 is 0 Å². The van der Waals surface area contributed by atoms with Gasteiger partial charge in [-0.2, -0.15) is 0 Å². The molecule has 0 radical (unpaired) electrons. The number of amides is 2. The maximum atomic E-state index is 12.4. The molecule has 1 aromatic rings. The minimum Gasteiger partial charge on any atom is -0.334 e. The van der Waals surface area contributed by atoms with E-state index in [1.54, 1.807) is 6.20 Å². The number of urea groups is 1. The second kappa shape index (κ2) is 7.30. The largest absolute Gasteiger partial charge is 0.334 e. The minimum atomic E-state index is 0.0802. The lowest BCUT2D eigenvalue weighted by Gasteiger charge is -2.32. The first-order chi connectivity index (χ1) is 11.1. The number of hydrogen-bond acceptors (Lipinski definition) is 3. The Kier molecular flexibility index (Phi) is 5.16. The quantitative estimate of drug-likeness (QED) is 0.930. The Bertz CT molecular complexity index is 540. The van der Waals surface area contributed by atoms with E-state index in [0.717, 1.165) is 36.6 Å². The van der Waals surface area contributed by atoms with Gasteiger partial charge >= 0.3 is 6.03 Å². The molecule has 1 N–H and O–H groups in total. The van der Waals surface area contributed by atoms with Gasteiger partial charge in [0.2, 0.25) is 0 Å². The lowest BCUT2D eigenvalue weighted by atomic mass is 9.84. The summed E-state index contributed by atoms with van der Waals surface area (Å²) in [4.78, 5) is 20.9. The molecule has 0 aliphatic carbocycles. The highest BCUT2D eigenvalue weighted by molar-refractivity contribution is 5.74. The maximum absolute atomic E-state index is 12.4. The fourth-order valence-electron chi connectivity index (χ4n) is 3.84. The fourth-order valence-corrected chi connectivity index (χ4v) is 3.84. The number of carbonyl (C=O) groups is 1. The highest BCUT2D eigenvalue weighted by Gasteiger charge is 2.33. The summed E-state index contributed by atoms with van der Waals surface area (Å²) in [6.45, 7) is 6.85. The number of carbonyl (C=O) groups excluding carboxylic acids is 1. The van der Waals surface area contributed by atoms with Crippen LogP contribution < -0.4 is 5.32 Å². The highest BCUT2D eigenvalue weighted by Crippen LogP contribution is 2.31. The second-order valence-corrected chi connectivity index (χ2v) is 7.10. The number of likely N-dealkylation sites (tertiary alicyclic amines) is 2. The predicted molar refractivity (Wildman–Crippen MR) is 91.1 cm³/mol. The van der Waals surface area contributed by atoms with Gasteiger partial charge in [-0.3, -0.25) is 4.98 Å². The Labute approximate surface area is 139 Å². The van der Waals surface area contributed by atoms with Crippen LogP contribution in [0.3, 0.4) is 0 Å². The molecule has 2 amide bonds. The lowest BCUT2D eigenvalue weighted by Crippen LogP contribution is -2.39. The number of nitrogens with one attached hydrogen (secondary N) is 1. The molecule has 5 heteroatoms. The molecule has 2 saturated heterocycles. The minimum absolute atomic E-state index is 0.0802. The van der Waals surface area contributed by atoms with Crippen LogP contribution in [-0.2, 0) is 6.54 Å². The molecule has 5 nitrogen and oxygen atoms in total. The average molecular weight is 316 g/mol. The summed E-state index contributed by atoms with van der Waals surface area (Å²) in [5.41, 5.74) is 2.26. The van der Waals surface area contributed by atoms with Crippen molar-refractivity contribution in [2.45, 2.75) is 32.7 Å². The van der Waals surface area contributed by atoms with E-state index in [1.165, 1.54) is 25.9 Å². The molecule has 0 bridgehead atoms.